The van der Waals surface area contributed by atoms with Crippen molar-refractivity contribution in [2.24, 2.45) is 0 Å². The van der Waals surface area contributed by atoms with Gasteiger partial charge < -0.3 is 14.4 Å². The van der Waals surface area contributed by atoms with Crippen LogP contribution in [0.25, 0.3) is 0 Å². The molecule has 3 aromatic rings. The predicted molar refractivity (Wildman–Crippen MR) is 132 cm³/mol. The molecule has 3 rings (SSSR count). The summed E-state index contributed by atoms with van der Waals surface area (Å²) >= 11 is 0. The molecule has 0 aromatic heterocycles. The van der Waals surface area contributed by atoms with Gasteiger partial charge in [0.1, 0.15) is 17.4 Å². The van der Waals surface area contributed by atoms with Crippen LogP contribution in [0.4, 0.5) is 0 Å². The van der Waals surface area contributed by atoms with Gasteiger partial charge in [-0.3, -0.25) is 4.79 Å². The van der Waals surface area contributed by atoms with Gasteiger partial charge in [-0.2, -0.15) is 0 Å². The number of carbonyl (C=O) groups is 2. The van der Waals surface area contributed by atoms with Crippen LogP contribution in [0.15, 0.2) is 83.8 Å². The molecule has 0 saturated carbocycles. The highest BCUT2D eigenvalue weighted by Gasteiger charge is 2.24. The monoisotopic (exact) mass is 496 g/mol. The van der Waals surface area contributed by atoms with Crippen molar-refractivity contribution >= 4 is 21.9 Å². The molecule has 0 aliphatic carbocycles. The second-order valence-corrected chi connectivity index (χ2v) is 9.81. The largest absolute Gasteiger partial charge is 0.483 e. The van der Waals surface area contributed by atoms with E-state index in [2.05, 4.69) is 4.72 Å². The molecular weight excluding hydrogens is 468 g/mol. The van der Waals surface area contributed by atoms with Crippen molar-refractivity contribution in [1.29, 1.82) is 0 Å². The van der Waals surface area contributed by atoms with Crippen LogP contribution in [-0.2, 0) is 19.6 Å². The zero-order chi connectivity index (χ0) is 25.4. The van der Waals surface area contributed by atoms with E-state index in [1.54, 1.807) is 68.7 Å². The number of esters is 1. The first kappa shape index (κ1) is 25.9. The summed E-state index contributed by atoms with van der Waals surface area (Å²) in [5, 5.41) is 0. The molecule has 0 aliphatic rings. The summed E-state index contributed by atoms with van der Waals surface area (Å²) in [5.41, 5.74) is 1.68. The molecule has 0 bridgehead atoms. The molecule has 1 amide bonds. The minimum absolute atomic E-state index is 0.116. The van der Waals surface area contributed by atoms with Crippen molar-refractivity contribution in [3.8, 4) is 5.75 Å². The fourth-order valence-corrected chi connectivity index (χ4v) is 4.14. The summed E-state index contributed by atoms with van der Waals surface area (Å²) in [6, 6.07) is 21.7. The molecule has 0 radical (unpaired) electrons. The Bertz CT molecular complexity index is 1260. The number of rotatable bonds is 10. The van der Waals surface area contributed by atoms with E-state index in [4.69, 9.17) is 9.47 Å². The summed E-state index contributed by atoms with van der Waals surface area (Å²) in [4.78, 5) is 26.5. The molecule has 0 unspecified atom stereocenters. The van der Waals surface area contributed by atoms with Crippen molar-refractivity contribution in [2.45, 2.75) is 17.9 Å². The second kappa shape index (κ2) is 11.6. The number of carbonyl (C=O) groups excluding carboxylic acids is 2. The van der Waals surface area contributed by atoms with Crippen LogP contribution in [0.1, 0.15) is 27.6 Å². The first-order chi connectivity index (χ1) is 16.7. The third-order valence-electron chi connectivity index (χ3n) is 5.17. The maximum Gasteiger partial charge on any atom is 0.342 e. The minimum Gasteiger partial charge on any atom is -0.483 e. The van der Waals surface area contributed by atoms with E-state index in [0.717, 1.165) is 5.56 Å². The van der Waals surface area contributed by atoms with E-state index < -0.39 is 22.1 Å². The number of ether oxygens (including phenoxy) is 2. The van der Waals surface area contributed by atoms with Gasteiger partial charge in [0.05, 0.1) is 11.4 Å². The van der Waals surface area contributed by atoms with Gasteiger partial charge in [-0.15, -0.1) is 0 Å². The number of nitrogens with zero attached hydrogens (tertiary/aromatic N) is 1. The highest BCUT2D eigenvalue weighted by molar-refractivity contribution is 7.89. The van der Waals surface area contributed by atoms with Gasteiger partial charge in [-0.05, 0) is 36.8 Å². The lowest BCUT2D eigenvalue weighted by Gasteiger charge is -2.20. The normalized spacial score (nSPS) is 12.0. The fraction of sp³-hybridized carbons (Fsp3) is 0.231. The van der Waals surface area contributed by atoms with Crippen LogP contribution in [-0.4, -0.2) is 52.4 Å². The van der Waals surface area contributed by atoms with Crippen molar-refractivity contribution in [3.05, 3.63) is 95.6 Å². The van der Waals surface area contributed by atoms with Gasteiger partial charge in [-0.25, -0.2) is 17.9 Å². The average molecular weight is 497 g/mol. The lowest BCUT2D eigenvalue weighted by molar-refractivity contribution is -0.130. The minimum atomic E-state index is -3.82. The Balaban J connectivity index is 1.79. The summed E-state index contributed by atoms with van der Waals surface area (Å²) in [6.07, 6.45) is -0.902. The molecule has 0 heterocycles. The molecule has 0 saturated heterocycles. The Labute approximate surface area is 205 Å². The van der Waals surface area contributed by atoms with Crippen LogP contribution < -0.4 is 9.46 Å². The Morgan fingerprint density at radius 1 is 0.914 bits per heavy atom. The zero-order valence-electron chi connectivity index (χ0n) is 19.8. The molecule has 8 nitrogen and oxygen atoms in total. The van der Waals surface area contributed by atoms with Crippen LogP contribution in [0.3, 0.4) is 0 Å². The highest BCUT2D eigenvalue weighted by Crippen LogP contribution is 2.24. The number of aryl methyl sites for hydroxylation is 1. The van der Waals surface area contributed by atoms with Crippen molar-refractivity contribution in [3.63, 3.8) is 0 Å². The number of hydrogen-bond donors (Lipinski definition) is 1. The Morgan fingerprint density at radius 2 is 1.54 bits per heavy atom. The Morgan fingerprint density at radius 3 is 2.20 bits per heavy atom. The lowest BCUT2D eigenvalue weighted by Crippen LogP contribution is -2.31. The van der Waals surface area contributed by atoms with Gasteiger partial charge in [0.2, 0.25) is 10.0 Å². The smallest absolute Gasteiger partial charge is 0.342 e. The first-order valence-corrected chi connectivity index (χ1v) is 12.4. The molecule has 1 N–H and O–H groups in total. The molecule has 35 heavy (non-hydrogen) atoms. The van der Waals surface area contributed by atoms with E-state index in [0.29, 0.717) is 5.56 Å². The summed E-state index contributed by atoms with van der Waals surface area (Å²) < 4.78 is 39.4. The third-order valence-corrected chi connectivity index (χ3v) is 6.61. The molecule has 1 atom stereocenters. The number of nitrogens with one attached hydrogen (secondary N) is 1. The Kier molecular flexibility index (Phi) is 8.62. The lowest BCUT2D eigenvalue weighted by atomic mass is 10.1. The van der Waals surface area contributed by atoms with E-state index in [1.165, 1.54) is 23.1 Å². The van der Waals surface area contributed by atoms with Gasteiger partial charge in [0.15, 0.2) is 6.61 Å². The number of likely N-dealkylation sites (N-methyl/N-ethyl adjacent to an activating group) is 1. The molecule has 9 heteroatoms. The fourth-order valence-electron chi connectivity index (χ4n) is 3.10. The number of benzene rings is 3. The van der Waals surface area contributed by atoms with Crippen molar-refractivity contribution in [2.75, 3.05) is 27.2 Å². The maximum absolute atomic E-state index is 13.1. The second-order valence-electron chi connectivity index (χ2n) is 8.04. The van der Waals surface area contributed by atoms with E-state index in [9.17, 15) is 18.0 Å². The van der Waals surface area contributed by atoms with Crippen LogP contribution >= 0.6 is 0 Å². The molecule has 0 spiro atoms. The highest BCUT2D eigenvalue weighted by atomic mass is 32.2. The van der Waals surface area contributed by atoms with Crippen LogP contribution in [0.5, 0.6) is 5.75 Å². The summed E-state index contributed by atoms with van der Waals surface area (Å²) in [7, 11) is -0.613. The SMILES string of the molecule is Cc1ccc(S(=O)(=O)NC[C@H](OC(=O)c2ccccc2OCC(=O)N(C)C)c2ccccc2)cc1. The molecule has 3 aromatic carbocycles. The number of amides is 1. The third kappa shape index (κ3) is 7.14. The van der Waals surface area contributed by atoms with E-state index >= 15 is 0 Å². The molecule has 184 valence electrons. The van der Waals surface area contributed by atoms with E-state index in [-0.39, 0.29) is 35.3 Å². The van der Waals surface area contributed by atoms with E-state index in [1.807, 2.05) is 13.0 Å². The van der Waals surface area contributed by atoms with Crippen molar-refractivity contribution < 1.29 is 27.5 Å². The molecule has 0 aliphatic heterocycles. The maximum atomic E-state index is 13.1. The number of hydrogen-bond acceptors (Lipinski definition) is 6. The van der Waals surface area contributed by atoms with Gasteiger partial charge >= 0.3 is 5.97 Å². The molecule has 0 fully saturated rings. The quantitative estimate of drug-likeness (QED) is 0.432. The van der Waals surface area contributed by atoms with Crippen LogP contribution in [0.2, 0.25) is 0 Å². The first-order valence-electron chi connectivity index (χ1n) is 10.9. The predicted octanol–water partition coefficient (Wildman–Crippen LogP) is 3.34. The summed E-state index contributed by atoms with van der Waals surface area (Å²) in [6.45, 7) is 1.45. The zero-order valence-corrected chi connectivity index (χ0v) is 20.6. The van der Waals surface area contributed by atoms with Crippen LogP contribution in [0, 0.1) is 6.92 Å². The number of sulfonamides is 1. The van der Waals surface area contributed by atoms with Gasteiger partial charge in [0, 0.05) is 14.1 Å². The average Bonchev–Trinajstić information content (AvgIpc) is 2.85. The number of para-hydroxylation sites is 1. The molecular formula is C26H28N2O6S. The standard InChI is InChI=1S/C26H28N2O6S/c1-19-13-15-21(16-14-19)35(31,32)27-17-24(20-9-5-4-6-10-20)34-26(30)22-11-7-8-12-23(22)33-18-25(29)28(2)3/h4-16,24,27H,17-18H2,1-3H3/t24-/m0/s1. The summed E-state index contributed by atoms with van der Waals surface area (Å²) in [5.74, 6) is -0.776. The van der Waals surface area contributed by atoms with Gasteiger partial charge in [-0.1, -0.05) is 60.2 Å². The van der Waals surface area contributed by atoms with Crippen molar-refractivity contribution in [1.82, 2.24) is 9.62 Å². The Hall–Kier alpha value is -3.69. The topological polar surface area (TPSA) is 102 Å². The van der Waals surface area contributed by atoms with Gasteiger partial charge in [0.25, 0.3) is 5.91 Å².